The minimum Gasteiger partial charge on any atom is -0.334 e. The first-order valence-corrected chi connectivity index (χ1v) is 6.98. The summed E-state index contributed by atoms with van der Waals surface area (Å²) in [7, 11) is 0. The quantitative estimate of drug-likeness (QED) is 0.910. The maximum Gasteiger partial charge on any atom is 0.274 e. The van der Waals surface area contributed by atoms with E-state index in [9.17, 15) is 9.18 Å². The number of amides is 1. The molecule has 1 amide bonds. The van der Waals surface area contributed by atoms with Gasteiger partial charge in [-0.3, -0.25) is 4.79 Å². The van der Waals surface area contributed by atoms with Crippen molar-refractivity contribution in [3.8, 4) is 5.69 Å². The molecule has 0 saturated carbocycles. The zero-order chi connectivity index (χ0) is 14.8. The molecule has 1 N–H and O–H groups in total. The predicted octanol–water partition coefficient (Wildman–Crippen LogP) is 1.45. The SMILES string of the molecule is CC1CN(C(=O)c2ccn(-c3ccc(F)cc3)n2)CCN1. The fraction of sp³-hybridized carbons (Fsp3) is 0.333. The summed E-state index contributed by atoms with van der Waals surface area (Å²) in [5.74, 6) is -0.360. The van der Waals surface area contributed by atoms with Crippen molar-refractivity contribution in [1.82, 2.24) is 20.0 Å². The van der Waals surface area contributed by atoms with Crippen LogP contribution in [0.25, 0.3) is 5.69 Å². The van der Waals surface area contributed by atoms with Crippen LogP contribution in [0.1, 0.15) is 17.4 Å². The smallest absolute Gasteiger partial charge is 0.274 e. The summed E-state index contributed by atoms with van der Waals surface area (Å²) in [6.45, 7) is 4.22. The highest BCUT2D eigenvalue weighted by Gasteiger charge is 2.23. The van der Waals surface area contributed by atoms with E-state index in [-0.39, 0.29) is 11.7 Å². The van der Waals surface area contributed by atoms with E-state index in [1.165, 1.54) is 12.1 Å². The Morgan fingerprint density at radius 2 is 2.10 bits per heavy atom. The Hall–Kier alpha value is -2.21. The van der Waals surface area contributed by atoms with Gasteiger partial charge in [0.2, 0.25) is 0 Å². The van der Waals surface area contributed by atoms with Crippen molar-refractivity contribution in [1.29, 1.82) is 0 Å². The number of benzene rings is 1. The number of aromatic nitrogens is 2. The molecule has 0 bridgehead atoms. The summed E-state index contributed by atoms with van der Waals surface area (Å²) in [5.41, 5.74) is 1.14. The molecule has 0 radical (unpaired) electrons. The highest BCUT2D eigenvalue weighted by atomic mass is 19.1. The number of nitrogens with zero attached hydrogens (tertiary/aromatic N) is 3. The Bertz CT molecular complexity index is 637. The predicted molar refractivity (Wildman–Crippen MR) is 76.9 cm³/mol. The van der Waals surface area contributed by atoms with Crippen molar-refractivity contribution in [3.63, 3.8) is 0 Å². The molecule has 1 aliphatic heterocycles. The van der Waals surface area contributed by atoms with Crippen LogP contribution in [0, 0.1) is 5.82 Å². The number of rotatable bonds is 2. The molecule has 2 aromatic rings. The molecule has 2 heterocycles. The van der Waals surface area contributed by atoms with Crippen molar-refractivity contribution in [2.24, 2.45) is 0 Å². The van der Waals surface area contributed by atoms with Gasteiger partial charge in [0.05, 0.1) is 5.69 Å². The van der Waals surface area contributed by atoms with Gasteiger partial charge >= 0.3 is 0 Å². The lowest BCUT2D eigenvalue weighted by molar-refractivity contribution is 0.0702. The molecular formula is C15H17FN4O. The van der Waals surface area contributed by atoms with Crippen LogP contribution < -0.4 is 5.32 Å². The van der Waals surface area contributed by atoms with Crippen LogP contribution in [-0.4, -0.2) is 46.3 Å². The molecule has 1 saturated heterocycles. The second-order valence-electron chi connectivity index (χ2n) is 5.23. The number of hydrogen-bond acceptors (Lipinski definition) is 3. The third-order valence-electron chi connectivity index (χ3n) is 3.56. The zero-order valence-corrected chi connectivity index (χ0v) is 11.8. The number of carbonyl (C=O) groups is 1. The molecule has 1 unspecified atom stereocenters. The second-order valence-corrected chi connectivity index (χ2v) is 5.23. The molecule has 21 heavy (non-hydrogen) atoms. The zero-order valence-electron chi connectivity index (χ0n) is 11.8. The summed E-state index contributed by atoms with van der Waals surface area (Å²) in [4.78, 5) is 14.2. The highest BCUT2D eigenvalue weighted by molar-refractivity contribution is 5.92. The summed E-state index contributed by atoms with van der Waals surface area (Å²) >= 11 is 0. The molecular weight excluding hydrogens is 271 g/mol. The maximum absolute atomic E-state index is 12.9. The average molecular weight is 288 g/mol. The van der Waals surface area contributed by atoms with E-state index in [0.29, 0.717) is 24.8 Å². The first-order chi connectivity index (χ1) is 10.1. The van der Waals surface area contributed by atoms with E-state index in [0.717, 1.165) is 12.2 Å². The number of halogens is 1. The normalized spacial score (nSPS) is 18.8. The Morgan fingerprint density at radius 1 is 1.33 bits per heavy atom. The van der Waals surface area contributed by atoms with Crippen LogP contribution in [0.4, 0.5) is 4.39 Å². The summed E-state index contributed by atoms with van der Waals surface area (Å²) in [5, 5.41) is 7.59. The van der Waals surface area contributed by atoms with Crippen molar-refractivity contribution < 1.29 is 9.18 Å². The summed E-state index contributed by atoms with van der Waals surface area (Å²) in [6, 6.07) is 7.99. The van der Waals surface area contributed by atoms with Crippen LogP contribution in [0.3, 0.4) is 0 Å². The van der Waals surface area contributed by atoms with Gasteiger partial charge in [-0.05, 0) is 37.3 Å². The van der Waals surface area contributed by atoms with Gasteiger partial charge in [0, 0.05) is 31.9 Å². The van der Waals surface area contributed by atoms with Crippen molar-refractivity contribution >= 4 is 5.91 Å². The third kappa shape index (κ3) is 2.95. The van der Waals surface area contributed by atoms with E-state index in [1.54, 1.807) is 34.0 Å². The van der Waals surface area contributed by atoms with Gasteiger partial charge in [0.1, 0.15) is 5.82 Å². The summed E-state index contributed by atoms with van der Waals surface area (Å²) < 4.78 is 14.5. The van der Waals surface area contributed by atoms with Gasteiger partial charge in [0.15, 0.2) is 5.69 Å². The van der Waals surface area contributed by atoms with Gasteiger partial charge in [0.25, 0.3) is 5.91 Å². The molecule has 1 aliphatic rings. The van der Waals surface area contributed by atoms with Crippen LogP contribution in [0.5, 0.6) is 0 Å². The summed E-state index contributed by atoms with van der Waals surface area (Å²) in [6.07, 6.45) is 1.71. The minimum atomic E-state index is -0.294. The monoisotopic (exact) mass is 288 g/mol. The first-order valence-electron chi connectivity index (χ1n) is 6.98. The van der Waals surface area contributed by atoms with Gasteiger partial charge < -0.3 is 10.2 Å². The largest absolute Gasteiger partial charge is 0.334 e. The Kier molecular flexibility index (Phi) is 3.70. The number of carbonyl (C=O) groups excluding carboxylic acids is 1. The first kappa shape index (κ1) is 13.8. The van der Waals surface area contributed by atoms with Gasteiger partial charge in [-0.25, -0.2) is 9.07 Å². The fourth-order valence-electron chi connectivity index (χ4n) is 2.45. The molecule has 1 fully saturated rings. The minimum absolute atomic E-state index is 0.0655. The molecule has 0 spiro atoms. The highest BCUT2D eigenvalue weighted by Crippen LogP contribution is 2.11. The topological polar surface area (TPSA) is 50.2 Å². The van der Waals surface area contributed by atoms with Crippen LogP contribution in [0.2, 0.25) is 0 Å². The lowest BCUT2D eigenvalue weighted by atomic mass is 10.2. The van der Waals surface area contributed by atoms with Crippen molar-refractivity contribution in [2.75, 3.05) is 19.6 Å². The molecule has 1 aromatic heterocycles. The molecule has 3 rings (SSSR count). The van der Waals surface area contributed by atoms with Gasteiger partial charge in [-0.2, -0.15) is 5.10 Å². The maximum atomic E-state index is 12.9. The Morgan fingerprint density at radius 3 is 2.81 bits per heavy atom. The fourth-order valence-corrected chi connectivity index (χ4v) is 2.45. The van der Waals surface area contributed by atoms with Crippen molar-refractivity contribution in [2.45, 2.75) is 13.0 Å². The molecule has 6 heteroatoms. The Labute approximate surface area is 122 Å². The standard InChI is InChI=1S/C15H17FN4O/c1-11-10-19(9-7-17-11)15(21)14-6-8-20(18-14)13-4-2-12(16)3-5-13/h2-6,8,11,17H,7,9-10H2,1H3. The van der Waals surface area contributed by atoms with Crippen molar-refractivity contribution in [3.05, 3.63) is 48.0 Å². The van der Waals surface area contributed by atoms with Crippen LogP contribution in [-0.2, 0) is 0 Å². The molecule has 110 valence electrons. The lowest BCUT2D eigenvalue weighted by Gasteiger charge is -2.31. The number of nitrogens with one attached hydrogen (secondary N) is 1. The van der Waals surface area contributed by atoms with E-state index in [4.69, 9.17) is 0 Å². The van der Waals surface area contributed by atoms with E-state index < -0.39 is 0 Å². The van der Waals surface area contributed by atoms with Gasteiger partial charge in [-0.15, -0.1) is 0 Å². The van der Waals surface area contributed by atoms with E-state index >= 15 is 0 Å². The molecule has 1 aromatic carbocycles. The number of hydrogen-bond donors (Lipinski definition) is 1. The number of piperazine rings is 1. The molecule has 0 aliphatic carbocycles. The van der Waals surface area contributed by atoms with Gasteiger partial charge in [-0.1, -0.05) is 0 Å². The third-order valence-corrected chi connectivity index (χ3v) is 3.56. The van der Waals surface area contributed by atoms with Crippen LogP contribution >= 0.6 is 0 Å². The second kappa shape index (κ2) is 5.65. The Balaban J connectivity index is 1.78. The average Bonchev–Trinajstić information content (AvgIpc) is 2.97. The van der Waals surface area contributed by atoms with Crippen LogP contribution in [0.15, 0.2) is 36.5 Å². The molecule has 1 atom stereocenters. The van der Waals surface area contributed by atoms with E-state index in [1.807, 2.05) is 0 Å². The molecule has 5 nitrogen and oxygen atoms in total. The lowest BCUT2D eigenvalue weighted by Crippen LogP contribution is -2.51. The van der Waals surface area contributed by atoms with E-state index in [2.05, 4.69) is 17.3 Å².